The number of thiophene rings is 1. The van der Waals surface area contributed by atoms with E-state index in [2.05, 4.69) is 15.1 Å². The molecule has 7 heteroatoms. The molecule has 3 rings (SSSR count). The van der Waals surface area contributed by atoms with Gasteiger partial charge >= 0.3 is 0 Å². The van der Waals surface area contributed by atoms with E-state index in [1.165, 1.54) is 11.3 Å². The first kappa shape index (κ1) is 13.0. The molecule has 104 valence electrons. The molecule has 6 nitrogen and oxygen atoms in total. The smallest absolute Gasteiger partial charge is 0.268 e. The Labute approximate surface area is 118 Å². The van der Waals surface area contributed by atoms with Crippen LogP contribution in [0.25, 0.3) is 20.7 Å². The van der Waals surface area contributed by atoms with Gasteiger partial charge in [-0.3, -0.25) is 4.79 Å². The Bertz CT molecular complexity index is 788. The van der Waals surface area contributed by atoms with Crippen molar-refractivity contribution in [3.8, 4) is 10.4 Å². The SMILES string of the molecule is CC(C)C(N)c1nc2cc(-c3cnoc3)sc2c(=O)[nH]1. The number of hydrogen-bond acceptors (Lipinski definition) is 6. The van der Waals surface area contributed by atoms with Gasteiger partial charge in [0.05, 0.1) is 23.3 Å². The third-order valence-corrected chi connectivity index (χ3v) is 4.32. The summed E-state index contributed by atoms with van der Waals surface area (Å²) in [6, 6.07) is 1.57. The second-order valence-electron chi connectivity index (χ2n) is 4.96. The van der Waals surface area contributed by atoms with E-state index in [1.807, 2.05) is 19.9 Å². The van der Waals surface area contributed by atoms with Gasteiger partial charge in [0.1, 0.15) is 16.8 Å². The van der Waals surface area contributed by atoms with Crippen LogP contribution in [0.2, 0.25) is 0 Å². The van der Waals surface area contributed by atoms with Gasteiger partial charge in [-0.15, -0.1) is 11.3 Å². The van der Waals surface area contributed by atoms with E-state index in [4.69, 9.17) is 10.3 Å². The number of H-pyrrole nitrogens is 1. The van der Waals surface area contributed by atoms with Gasteiger partial charge in [0, 0.05) is 4.88 Å². The van der Waals surface area contributed by atoms with Crippen LogP contribution in [0, 0.1) is 5.92 Å². The van der Waals surface area contributed by atoms with Crippen molar-refractivity contribution >= 4 is 21.6 Å². The summed E-state index contributed by atoms with van der Waals surface area (Å²) in [5.74, 6) is 0.721. The lowest BCUT2D eigenvalue weighted by Gasteiger charge is -2.13. The van der Waals surface area contributed by atoms with Gasteiger partial charge in [0.2, 0.25) is 0 Å². The second-order valence-corrected chi connectivity index (χ2v) is 6.01. The van der Waals surface area contributed by atoms with Crippen molar-refractivity contribution < 1.29 is 4.52 Å². The first-order valence-electron chi connectivity index (χ1n) is 6.25. The minimum atomic E-state index is -0.286. The summed E-state index contributed by atoms with van der Waals surface area (Å²) in [4.78, 5) is 20.3. The number of fused-ring (bicyclic) bond motifs is 1. The standard InChI is InChI=1S/C13H14N4O2S/c1-6(2)10(14)12-16-8-3-9(7-4-15-19-5-7)20-11(8)13(18)17-12/h3-6,10H,14H2,1-2H3,(H,16,17,18). The Balaban J connectivity index is 2.15. The molecule has 0 aliphatic heterocycles. The first-order chi connectivity index (χ1) is 9.56. The zero-order valence-corrected chi connectivity index (χ0v) is 11.9. The van der Waals surface area contributed by atoms with E-state index in [-0.39, 0.29) is 17.5 Å². The number of aromatic amines is 1. The van der Waals surface area contributed by atoms with Crippen LogP contribution in [-0.4, -0.2) is 15.1 Å². The van der Waals surface area contributed by atoms with Gasteiger partial charge in [-0.1, -0.05) is 19.0 Å². The summed E-state index contributed by atoms with van der Waals surface area (Å²) in [7, 11) is 0. The van der Waals surface area contributed by atoms with Gasteiger partial charge in [-0.2, -0.15) is 0 Å². The van der Waals surface area contributed by atoms with E-state index < -0.39 is 0 Å². The zero-order valence-electron chi connectivity index (χ0n) is 11.1. The average Bonchev–Trinajstić information content (AvgIpc) is 3.05. The van der Waals surface area contributed by atoms with E-state index in [9.17, 15) is 4.79 Å². The molecule has 0 fully saturated rings. The molecule has 0 spiro atoms. The number of nitrogens with one attached hydrogen (secondary N) is 1. The summed E-state index contributed by atoms with van der Waals surface area (Å²) < 4.78 is 5.40. The third kappa shape index (κ3) is 2.14. The molecule has 3 aromatic rings. The fourth-order valence-corrected chi connectivity index (χ4v) is 2.86. The van der Waals surface area contributed by atoms with Gasteiger partial charge in [0.15, 0.2) is 0 Å². The summed E-state index contributed by atoms with van der Waals surface area (Å²) in [6.45, 7) is 3.98. The molecule has 0 saturated heterocycles. The van der Waals surface area contributed by atoms with Crippen molar-refractivity contribution in [3.63, 3.8) is 0 Å². The highest BCUT2D eigenvalue weighted by atomic mass is 32.1. The topological polar surface area (TPSA) is 97.8 Å². The van der Waals surface area contributed by atoms with Gasteiger partial charge < -0.3 is 15.2 Å². The highest BCUT2D eigenvalue weighted by Gasteiger charge is 2.17. The quantitative estimate of drug-likeness (QED) is 0.771. The summed E-state index contributed by atoms with van der Waals surface area (Å²) in [6.07, 6.45) is 3.15. The largest absolute Gasteiger partial charge is 0.364 e. The van der Waals surface area contributed by atoms with Crippen LogP contribution in [0.5, 0.6) is 0 Å². The van der Waals surface area contributed by atoms with Gasteiger partial charge in [-0.25, -0.2) is 4.98 Å². The van der Waals surface area contributed by atoms with Gasteiger partial charge in [0.25, 0.3) is 5.56 Å². The van der Waals surface area contributed by atoms with Crippen LogP contribution >= 0.6 is 11.3 Å². The van der Waals surface area contributed by atoms with Crippen molar-refractivity contribution in [2.45, 2.75) is 19.9 Å². The monoisotopic (exact) mass is 290 g/mol. The van der Waals surface area contributed by atoms with Crippen molar-refractivity contribution in [2.75, 3.05) is 0 Å². The molecule has 3 heterocycles. The number of aromatic nitrogens is 3. The molecule has 3 aromatic heterocycles. The van der Waals surface area contributed by atoms with Crippen molar-refractivity contribution in [2.24, 2.45) is 11.7 Å². The van der Waals surface area contributed by atoms with Crippen molar-refractivity contribution in [3.05, 3.63) is 34.7 Å². The highest BCUT2D eigenvalue weighted by molar-refractivity contribution is 7.22. The minimum absolute atomic E-state index is 0.159. The highest BCUT2D eigenvalue weighted by Crippen LogP contribution is 2.31. The Morgan fingerprint density at radius 2 is 2.25 bits per heavy atom. The lowest BCUT2D eigenvalue weighted by molar-refractivity contribution is 0.420. The van der Waals surface area contributed by atoms with E-state index in [0.717, 1.165) is 10.4 Å². The Kier molecular flexibility index (Phi) is 3.15. The van der Waals surface area contributed by atoms with E-state index in [1.54, 1.807) is 12.5 Å². The molecule has 20 heavy (non-hydrogen) atoms. The maximum atomic E-state index is 12.1. The molecule has 0 aliphatic carbocycles. The van der Waals surface area contributed by atoms with Crippen LogP contribution < -0.4 is 11.3 Å². The normalized spacial score (nSPS) is 13.2. The Morgan fingerprint density at radius 3 is 2.90 bits per heavy atom. The van der Waals surface area contributed by atoms with Crippen molar-refractivity contribution in [1.82, 2.24) is 15.1 Å². The molecular weight excluding hydrogens is 276 g/mol. The van der Waals surface area contributed by atoms with Crippen LogP contribution in [0.1, 0.15) is 25.7 Å². The third-order valence-electron chi connectivity index (χ3n) is 3.15. The van der Waals surface area contributed by atoms with Crippen molar-refractivity contribution in [1.29, 1.82) is 0 Å². The molecule has 1 atom stereocenters. The molecule has 0 aromatic carbocycles. The molecule has 3 N–H and O–H groups in total. The number of nitrogens with zero attached hydrogens (tertiary/aromatic N) is 2. The van der Waals surface area contributed by atoms with Crippen LogP contribution in [0.4, 0.5) is 0 Å². The lowest BCUT2D eigenvalue weighted by atomic mass is 10.1. The number of rotatable bonds is 3. The fourth-order valence-electron chi connectivity index (χ4n) is 1.90. The summed E-state index contributed by atoms with van der Waals surface area (Å²) >= 11 is 1.36. The van der Waals surface area contributed by atoms with E-state index in [0.29, 0.717) is 16.0 Å². The summed E-state index contributed by atoms with van der Waals surface area (Å²) in [5.41, 5.74) is 7.38. The average molecular weight is 290 g/mol. The summed E-state index contributed by atoms with van der Waals surface area (Å²) in [5, 5.41) is 3.67. The number of nitrogens with two attached hydrogens (primary N) is 1. The van der Waals surface area contributed by atoms with Gasteiger partial charge in [-0.05, 0) is 12.0 Å². The molecule has 0 aliphatic rings. The molecule has 0 amide bonds. The lowest BCUT2D eigenvalue weighted by Crippen LogP contribution is -2.23. The predicted molar refractivity (Wildman–Crippen MR) is 77.5 cm³/mol. The predicted octanol–water partition coefficient (Wildman–Crippen LogP) is 2.30. The molecule has 0 bridgehead atoms. The maximum Gasteiger partial charge on any atom is 0.268 e. The Hall–Kier alpha value is -1.99. The second kappa shape index (κ2) is 4.84. The minimum Gasteiger partial charge on any atom is -0.364 e. The first-order valence-corrected chi connectivity index (χ1v) is 7.07. The molecule has 0 saturated carbocycles. The zero-order chi connectivity index (χ0) is 14.3. The van der Waals surface area contributed by atoms with Crippen LogP contribution in [0.15, 0.2) is 27.8 Å². The Morgan fingerprint density at radius 1 is 1.45 bits per heavy atom. The molecule has 0 radical (unpaired) electrons. The molecular formula is C13H14N4O2S. The molecule has 1 unspecified atom stereocenters. The fraction of sp³-hybridized carbons (Fsp3) is 0.308. The number of hydrogen-bond donors (Lipinski definition) is 2. The van der Waals surface area contributed by atoms with Crippen LogP contribution in [0.3, 0.4) is 0 Å². The van der Waals surface area contributed by atoms with Crippen LogP contribution in [-0.2, 0) is 0 Å². The maximum absolute atomic E-state index is 12.1. The van der Waals surface area contributed by atoms with E-state index >= 15 is 0 Å².